The van der Waals surface area contributed by atoms with Gasteiger partial charge in [0, 0.05) is 22.0 Å². The molecule has 1 heterocycles. The van der Waals surface area contributed by atoms with Crippen LogP contribution in [-0.2, 0) is 4.79 Å². The van der Waals surface area contributed by atoms with Crippen LogP contribution in [0.1, 0.15) is 25.3 Å². The van der Waals surface area contributed by atoms with Gasteiger partial charge in [-0.15, -0.1) is 10.2 Å². The van der Waals surface area contributed by atoms with Gasteiger partial charge in [-0.3, -0.25) is 9.36 Å². The third-order valence-corrected chi connectivity index (χ3v) is 6.12. The lowest BCUT2D eigenvalue weighted by Crippen LogP contribution is -2.14. The highest BCUT2D eigenvalue weighted by Gasteiger charge is 2.17. The van der Waals surface area contributed by atoms with Gasteiger partial charge in [0.2, 0.25) is 5.91 Å². The molecule has 0 aliphatic heterocycles. The average Bonchev–Trinajstić information content (AvgIpc) is 3.23. The van der Waals surface area contributed by atoms with Crippen LogP contribution < -0.4 is 5.32 Å². The van der Waals surface area contributed by atoms with Crippen LogP contribution in [0.2, 0.25) is 5.02 Å². The fourth-order valence-corrected chi connectivity index (χ4v) is 4.12. The molecule has 0 unspecified atom stereocenters. The van der Waals surface area contributed by atoms with Crippen LogP contribution in [0.4, 0.5) is 5.69 Å². The number of halogens is 1. The minimum absolute atomic E-state index is 0.0979. The lowest BCUT2D eigenvalue weighted by atomic mass is 10.0. The lowest BCUT2D eigenvalue weighted by Gasteiger charge is -2.11. The van der Waals surface area contributed by atoms with Gasteiger partial charge in [0.25, 0.3) is 0 Å². The Morgan fingerprint density at radius 3 is 2.31 bits per heavy atom. The van der Waals surface area contributed by atoms with Crippen molar-refractivity contribution in [1.82, 2.24) is 14.8 Å². The summed E-state index contributed by atoms with van der Waals surface area (Å²) in [5.74, 6) is 1.28. The number of carbonyl (C=O) groups is 1. The van der Waals surface area contributed by atoms with Gasteiger partial charge in [0.05, 0.1) is 5.75 Å². The molecule has 7 heteroatoms. The van der Waals surface area contributed by atoms with Crippen molar-refractivity contribution in [3.05, 3.63) is 89.4 Å². The number of thioether (sulfide) groups is 1. The Labute approximate surface area is 196 Å². The molecule has 1 amide bonds. The normalized spacial score (nSPS) is 11.0. The van der Waals surface area contributed by atoms with Gasteiger partial charge in [-0.25, -0.2) is 0 Å². The van der Waals surface area contributed by atoms with Crippen molar-refractivity contribution in [1.29, 1.82) is 0 Å². The fraction of sp³-hybridized carbons (Fsp3) is 0.160. The molecule has 4 aromatic rings. The Balaban J connectivity index is 1.53. The Bertz CT molecular complexity index is 1190. The average molecular weight is 463 g/mol. The number of hydrogen-bond donors (Lipinski definition) is 1. The van der Waals surface area contributed by atoms with Crippen molar-refractivity contribution in [3.63, 3.8) is 0 Å². The number of carbonyl (C=O) groups excluding carboxylic acids is 1. The van der Waals surface area contributed by atoms with Crippen LogP contribution in [-0.4, -0.2) is 26.4 Å². The van der Waals surface area contributed by atoms with E-state index < -0.39 is 0 Å². The first-order valence-corrected chi connectivity index (χ1v) is 11.7. The van der Waals surface area contributed by atoms with E-state index in [2.05, 4.69) is 29.4 Å². The van der Waals surface area contributed by atoms with Gasteiger partial charge < -0.3 is 5.32 Å². The van der Waals surface area contributed by atoms with E-state index in [0.29, 0.717) is 21.9 Å². The number of nitrogens with zero attached hydrogens (tertiary/aromatic N) is 3. The molecule has 0 atom stereocenters. The Hall–Kier alpha value is -3.09. The van der Waals surface area contributed by atoms with Crippen molar-refractivity contribution in [2.24, 2.45) is 0 Å². The van der Waals surface area contributed by atoms with Crippen molar-refractivity contribution < 1.29 is 4.79 Å². The Morgan fingerprint density at radius 2 is 1.66 bits per heavy atom. The van der Waals surface area contributed by atoms with Crippen LogP contribution in [0.5, 0.6) is 0 Å². The van der Waals surface area contributed by atoms with E-state index >= 15 is 0 Å². The number of benzene rings is 3. The monoisotopic (exact) mass is 462 g/mol. The molecule has 1 aromatic heterocycles. The maximum absolute atomic E-state index is 12.6. The fourth-order valence-electron chi connectivity index (χ4n) is 3.24. The lowest BCUT2D eigenvalue weighted by molar-refractivity contribution is -0.113. The number of anilines is 1. The predicted molar refractivity (Wildman–Crippen MR) is 132 cm³/mol. The van der Waals surface area contributed by atoms with E-state index in [1.807, 2.05) is 83.4 Å². The molecule has 0 fully saturated rings. The van der Waals surface area contributed by atoms with Crippen molar-refractivity contribution in [2.45, 2.75) is 24.9 Å². The zero-order valence-corrected chi connectivity index (χ0v) is 19.4. The molecule has 3 aromatic carbocycles. The Kier molecular flexibility index (Phi) is 6.93. The molecule has 0 radical (unpaired) electrons. The number of rotatable bonds is 7. The second-order valence-electron chi connectivity index (χ2n) is 7.60. The second kappa shape index (κ2) is 10.0. The van der Waals surface area contributed by atoms with Crippen LogP contribution in [0.3, 0.4) is 0 Å². The highest BCUT2D eigenvalue weighted by atomic mass is 35.5. The second-order valence-corrected chi connectivity index (χ2v) is 8.98. The van der Waals surface area contributed by atoms with Crippen LogP contribution in [0, 0.1) is 0 Å². The summed E-state index contributed by atoms with van der Waals surface area (Å²) in [4.78, 5) is 12.6. The van der Waals surface area contributed by atoms with Gasteiger partial charge in [0.1, 0.15) is 0 Å². The summed E-state index contributed by atoms with van der Waals surface area (Å²) in [7, 11) is 0. The molecule has 4 rings (SSSR count). The van der Waals surface area contributed by atoms with Crippen LogP contribution in [0.25, 0.3) is 17.1 Å². The first-order valence-electron chi connectivity index (χ1n) is 10.3. The highest BCUT2D eigenvalue weighted by Crippen LogP contribution is 2.28. The molecule has 0 aliphatic rings. The largest absolute Gasteiger partial charge is 0.325 e. The summed E-state index contributed by atoms with van der Waals surface area (Å²) in [5.41, 5.74) is 3.84. The number of hydrogen-bond acceptors (Lipinski definition) is 4. The number of nitrogens with one attached hydrogen (secondary N) is 1. The van der Waals surface area contributed by atoms with E-state index in [4.69, 9.17) is 11.6 Å². The molecule has 32 heavy (non-hydrogen) atoms. The quantitative estimate of drug-likeness (QED) is 0.321. The van der Waals surface area contributed by atoms with E-state index in [0.717, 1.165) is 16.9 Å². The summed E-state index contributed by atoms with van der Waals surface area (Å²) in [5, 5.41) is 13.0. The van der Waals surface area contributed by atoms with Gasteiger partial charge in [-0.1, -0.05) is 79.7 Å². The molecule has 5 nitrogen and oxygen atoms in total. The molecule has 1 N–H and O–H groups in total. The minimum atomic E-state index is -0.0979. The summed E-state index contributed by atoms with van der Waals surface area (Å²) in [6.45, 7) is 4.29. The molecule has 0 bridgehead atoms. The number of aromatic nitrogens is 3. The SMILES string of the molecule is CC(C)c1ccc(NC(=O)CSc2nnc(-c3ccccc3)n2-c2ccc(Cl)cc2)cc1. The predicted octanol–water partition coefficient (Wildman–Crippen LogP) is 6.44. The van der Waals surface area contributed by atoms with Gasteiger partial charge in [-0.05, 0) is 47.9 Å². The summed E-state index contributed by atoms with van der Waals surface area (Å²) < 4.78 is 1.95. The molecule has 0 spiro atoms. The van der Waals surface area contributed by atoms with Crippen molar-refractivity contribution >= 4 is 35.0 Å². The third-order valence-electron chi connectivity index (χ3n) is 4.94. The smallest absolute Gasteiger partial charge is 0.234 e. The first-order chi connectivity index (χ1) is 15.5. The van der Waals surface area contributed by atoms with Gasteiger partial charge in [-0.2, -0.15) is 0 Å². The maximum atomic E-state index is 12.6. The van der Waals surface area contributed by atoms with E-state index in [1.54, 1.807) is 0 Å². The molecular formula is C25H23ClN4OS. The van der Waals surface area contributed by atoms with E-state index in [-0.39, 0.29) is 11.7 Å². The summed E-state index contributed by atoms with van der Waals surface area (Å²) in [6, 6.07) is 25.3. The molecule has 0 aliphatic carbocycles. The standard InChI is InChI=1S/C25H23ClN4OS/c1-17(2)18-8-12-21(13-9-18)27-23(31)16-32-25-29-28-24(19-6-4-3-5-7-19)30(25)22-14-10-20(26)11-15-22/h3-15,17H,16H2,1-2H3,(H,27,31). The van der Waals surface area contributed by atoms with E-state index in [1.165, 1.54) is 17.3 Å². The number of amides is 1. The summed E-state index contributed by atoms with van der Waals surface area (Å²) in [6.07, 6.45) is 0. The molecule has 0 saturated heterocycles. The first kappa shape index (κ1) is 22.1. The zero-order valence-electron chi connectivity index (χ0n) is 17.8. The Morgan fingerprint density at radius 1 is 0.969 bits per heavy atom. The molecule has 162 valence electrons. The topological polar surface area (TPSA) is 59.8 Å². The highest BCUT2D eigenvalue weighted by molar-refractivity contribution is 7.99. The van der Waals surface area contributed by atoms with Gasteiger partial charge in [0.15, 0.2) is 11.0 Å². The van der Waals surface area contributed by atoms with Gasteiger partial charge >= 0.3 is 0 Å². The molecular weight excluding hydrogens is 440 g/mol. The van der Waals surface area contributed by atoms with Crippen molar-refractivity contribution in [3.8, 4) is 17.1 Å². The zero-order chi connectivity index (χ0) is 22.5. The van der Waals surface area contributed by atoms with Crippen LogP contribution >= 0.6 is 23.4 Å². The van der Waals surface area contributed by atoms with Crippen LogP contribution in [0.15, 0.2) is 84.0 Å². The third kappa shape index (κ3) is 5.21. The maximum Gasteiger partial charge on any atom is 0.234 e. The molecule has 0 saturated carbocycles. The van der Waals surface area contributed by atoms with Crippen molar-refractivity contribution in [2.75, 3.05) is 11.1 Å². The minimum Gasteiger partial charge on any atom is -0.325 e. The van der Waals surface area contributed by atoms with E-state index in [9.17, 15) is 4.79 Å². The summed E-state index contributed by atoms with van der Waals surface area (Å²) >= 11 is 7.42.